The largest absolute Gasteiger partial charge is 0.480 e. The van der Waals surface area contributed by atoms with Crippen LogP contribution < -0.4 is 10.9 Å². The Labute approximate surface area is 131 Å². The average molecular weight is 319 g/mol. The van der Waals surface area contributed by atoms with Crippen molar-refractivity contribution in [2.24, 2.45) is 7.05 Å². The van der Waals surface area contributed by atoms with Gasteiger partial charge in [0.25, 0.3) is 11.5 Å². The van der Waals surface area contributed by atoms with Gasteiger partial charge in [-0.15, -0.1) is 0 Å². The van der Waals surface area contributed by atoms with Crippen molar-refractivity contribution in [1.29, 1.82) is 0 Å². The number of benzene rings is 1. The Hall–Kier alpha value is -2.87. The molecule has 1 amide bonds. The monoisotopic (exact) mass is 319 g/mol. The van der Waals surface area contributed by atoms with Gasteiger partial charge in [-0.3, -0.25) is 14.3 Å². The Morgan fingerprint density at radius 3 is 2.48 bits per heavy atom. The molecule has 1 aromatic carbocycles. The first-order chi connectivity index (χ1) is 10.9. The molecule has 0 aliphatic heterocycles. The lowest BCUT2D eigenvalue weighted by atomic mass is 10.3. The van der Waals surface area contributed by atoms with Crippen LogP contribution in [0.2, 0.25) is 0 Å². The molecule has 0 spiro atoms. The number of nitrogens with one attached hydrogen (secondary N) is 1. The van der Waals surface area contributed by atoms with E-state index in [4.69, 9.17) is 9.84 Å². The minimum atomic E-state index is -1.17. The molecule has 0 unspecified atom stereocenters. The Kier molecular flexibility index (Phi) is 4.97. The lowest BCUT2D eigenvalue weighted by molar-refractivity contribution is -0.143. The number of anilines is 1. The summed E-state index contributed by atoms with van der Waals surface area (Å²) in [5.74, 6) is -1.75. The van der Waals surface area contributed by atoms with Crippen LogP contribution in [0.4, 0.5) is 5.69 Å². The van der Waals surface area contributed by atoms with Crippen molar-refractivity contribution in [2.75, 3.05) is 18.5 Å². The topological polar surface area (TPSA) is 103 Å². The van der Waals surface area contributed by atoms with E-state index in [0.717, 1.165) is 0 Å². The third kappa shape index (κ3) is 3.67. The summed E-state index contributed by atoms with van der Waals surface area (Å²) >= 11 is 0. The smallest absolute Gasteiger partial charge is 0.329 e. The predicted octanol–water partition coefficient (Wildman–Crippen LogP) is 0.524. The van der Waals surface area contributed by atoms with Crippen molar-refractivity contribution in [1.82, 2.24) is 9.36 Å². The fraction of sp³-hybridized carbons (Fsp3) is 0.267. The van der Waals surface area contributed by atoms with Gasteiger partial charge in [-0.2, -0.15) is 0 Å². The molecule has 8 nitrogen and oxygen atoms in total. The summed E-state index contributed by atoms with van der Waals surface area (Å²) in [6.45, 7) is 0.690. The van der Waals surface area contributed by atoms with Gasteiger partial charge in [-0.1, -0.05) is 18.2 Å². The summed E-state index contributed by atoms with van der Waals surface area (Å²) < 4.78 is 7.77. The highest BCUT2D eigenvalue weighted by molar-refractivity contribution is 5.92. The number of para-hydroxylation sites is 1. The number of nitrogens with zero attached hydrogens (tertiary/aromatic N) is 2. The predicted molar refractivity (Wildman–Crippen MR) is 82.8 cm³/mol. The molecule has 1 heterocycles. The third-order valence-electron chi connectivity index (χ3n) is 3.28. The van der Waals surface area contributed by atoms with Gasteiger partial charge in [-0.05, 0) is 19.1 Å². The number of hydrogen-bond donors (Lipinski definition) is 2. The van der Waals surface area contributed by atoms with E-state index >= 15 is 0 Å². The van der Waals surface area contributed by atoms with Crippen LogP contribution in [0.1, 0.15) is 5.69 Å². The van der Waals surface area contributed by atoms with E-state index in [0.29, 0.717) is 11.4 Å². The zero-order valence-electron chi connectivity index (χ0n) is 12.8. The normalized spacial score (nSPS) is 10.5. The molecule has 2 rings (SSSR count). The molecule has 0 aliphatic rings. The van der Waals surface area contributed by atoms with Crippen LogP contribution >= 0.6 is 0 Å². The first-order valence-electron chi connectivity index (χ1n) is 6.85. The number of aromatic nitrogens is 2. The van der Waals surface area contributed by atoms with E-state index in [1.165, 1.54) is 4.68 Å². The molecule has 122 valence electrons. The van der Waals surface area contributed by atoms with Crippen LogP contribution in [0.25, 0.3) is 5.69 Å². The SMILES string of the molecule is Cc1c(NC(=O)COCC(=O)O)c(=O)n(-c2ccccc2)n1C. The first-order valence-corrected chi connectivity index (χ1v) is 6.85. The summed E-state index contributed by atoms with van der Waals surface area (Å²) in [6.07, 6.45) is 0. The van der Waals surface area contributed by atoms with E-state index < -0.39 is 25.1 Å². The zero-order valence-corrected chi connectivity index (χ0v) is 12.8. The maximum atomic E-state index is 12.5. The highest BCUT2D eigenvalue weighted by Gasteiger charge is 2.18. The van der Waals surface area contributed by atoms with E-state index in [1.54, 1.807) is 30.8 Å². The van der Waals surface area contributed by atoms with E-state index in [-0.39, 0.29) is 11.2 Å². The summed E-state index contributed by atoms with van der Waals surface area (Å²) in [7, 11) is 1.71. The maximum absolute atomic E-state index is 12.5. The minimum Gasteiger partial charge on any atom is -0.480 e. The number of hydrogen-bond acceptors (Lipinski definition) is 4. The Balaban J connectivity index is 2.23. The molecule has 8 heteroatoms. The van der Waals surface area contributed by atoms with Crippen LogP contribution in [0.5, 0.6) is 0 Å². The minimum absolute atomic E-state index is 0.139. The number of carbonyl (C=O) groups excluding carboxylic acids is 1. The fourth-order valence-corrected chi connectivity index (χ4v) is 2.12. The van der Waals surface area contributed by atoms with Gasteiger partial charge in [0.05, 0.1) is 11.4 Å². The number of ether oxygens (including phenoxy) is 1. The molecule has 0 atom stereocenters. The summed E-state index contributed by atoms with van der Waals surface area (Å²) in [6, 6.07) is 9.02. The number of aliphatic carboxylic acids is 1. The molecule has 0 bridgehead atoms. The number of amides is 1. The van der Waals surface area contributed by atoms with Gasteiger partial charge in [-0.25, -0.2) is 9.48 Å². The fourth-order valence-electron chi connectivity index (χ4n) is 2.12. The highest BCUT2D eigenvalue weighted by atomic mass is 16.5. The molecule has 2 N–H and O–H groups in total. The van der Waals surface area contributed by atoms with Gasteiger partial charge in [0.2, 0.25) is 0 Å². The van der Waals surface area contributed by atoms with Crippen molar-refractivity contribution in [2.45, 2.75) is 6.92 Å². The summed E-state index contributed by atoms with van der Waals surface area (Å²) in [4.78, 5) is 34.6. The van der Waals surface area contributed by atoms with Crippen molar-refractivity contribution >= 4 is 17.6 Å². The Morgan fingerprint density at radius 1 is 1.22 bits per heavy atom. The Morgan fingerprint density at radius 2 is 1.87 bits per heavy atom. The van der Waals surface area contributed by atoms with Crippen LogP contribution in [0, 0.1) is 6.92 Å². The van der Waals surface area contributed by atoms with E-state index in [2.05, 4.69) is 5.32 Å². The van der Waals surface area contributed by atoms with Crippen molar-refractivity contribution < 1.29 is 19.4 Å². The molecule has 1 aromatic heterocycles. The van der Waals surface area contributed by atoms with Gasteiger partial charge in [0.15, 0.2) is 0 Å². The van der Waals surface area contributed by atoms with Gasteiger partial charge < -0.3 is 15.2 Å². The number of carboxylic acid groups (broad SMARTS) is 1. The van der Waals surface area contributed by atoms with Crippen LogP contribution in [-0.2, 0) is 21.4 Å². The van der Waals surface area contributed by atoms with Crippen molar-refractivity contribution in [3.63, 3.8) is 0 Å². The standard InChI is InChI=1S/C15H17N3O5/c1-10-14(16-12(19)8-23-9-13(20)21)15(22)18(17(10)2)11-6-4-3-5-7-11/h3-7H,8-9H2,1-2H3,(H,16,19)(H,20,21). The van der Waals surface area contributed by atoms with Crippen molar-refractivity contribution in [3.8, 4) is 5.69 Å². The van der Waals surface area contributed by atoms with E-state index in [1.807, 2.05) is 18.2 Å². The molecule has 0 fully saturated rings. The Bertz CT molecular complexity index is 776. The summed E-state index contributed by atoms with van der Waals surface area (Å²) in [5.41, 5.74) is 1.01. The second kappa shape index (κ2) is 6.93. The quantitative estimate of drug-likeness (QED) is 0.808. The lowest BCUT2D eigenvalue weighted by Gasteiger charge is -2.07. The highest BCUT2D eigenvalue weighted by Crippen LogP contribution is 2.13. The lowest BCUT2D eigenvalue weighted by Crippen LogP contribution is -2.25. The van der Waals surface area contributed by atoms with Crippen LogP contribution in [0.3, 0.4) is 0 Å². The second-order valence-corrected chi connectivity index (χ2v) is 4.87. The first kappa shape index (κ1) is 16.5. The average Bonchev–Trinajstić information content (AvgIpc) is 2.71. The van der Waals surface area contributed by atoms with Gasteiger partial charge in [0.1, 0.15) is 18.9 Å². The third-order valence-corrected chi connectivity index (χ3v) is 3.28. The van der Waals surface area contributed by atoms with Gasteiger partial charge in [0, 0.05) is 7.05 Å². The second-order valence-electron chi connectivity index (χ2n) is 4.87. The number of rotatable bonds is 6. The molecular formula is C15H17N3O5. The zero-order chi connectivity index (χ0) is 17.0. The maximum Gasteiger partial charge on any atom is 0.329 e. The van der Waals surface area contributed by atoms with Crippen LogP contribution in [0.15, 0.2) is 35.1 Å². The number of carbonyl (C=O) groups is 2. The van der Waals surface area contributed by atoms with Crippen molar-refractivity contribution in [3.05, 3.63) is 46.4 Å². The molecule has 0 aliphatic carbocycles. The molecular weight excluding hydrogens is 302 g/mol. The molecule has 2 aromatic rings. The van der Waals surface area contributed by atoms with Crippen LogP contribution in [-0.4, -0.2) is 39.6 Å². The molecule has 0 radical (unpaired) electrons. The number of carboxylic acids is 1. The van der Waals surface area contributed by atoms with Gasteiger partial charge >= 0.3 is 5.97 Å². The molecule has 0 saturated heterocycles. The molecule has 0 saturated carbocycles. The van der Waals surface area contributed by atoms with E-state index in [9.17, 15) is 14.4 Å². The molecule has 23 heavy (non-hydrogen) atoms. The summed E-state index contributed by atoms with van der Waals surface area (Å²) in [5, 5.41) is 10.9.